The summed E-state index contributed by atoms with van der Waals surface area (Å²) in [7, 11) is 4.77. The molecule has 0 saturated heterocycles. The molecule has 0 saturated carbocycles. The van der Waals surface area contributed by atoms with Gasteiger partial charge < -0.3 is 15.5 Å². The Balaban J connectivity index is 0. The maximum atomic E-state index is 11.7. The lowest BCUT2D eigenvalue weighted by atomic mass is 10.5. The van der Waals surface area contributed by atoms with Crippen LogP contribution < -0.4 is 11.2 Å². The Hall–Kier alpha value is -1.64. The minimum absolute atomic E-state index is 0. The molecule has 0 amide bonds. The molecule has 98 valence electrons. The number of hydrogen-bond donors (Lipinski definition) is 0. The van der Waals surface area contributed by atoms with E-state index >= 15 is 0 Å². The lowest BCUT2D eigenvalue weighted by molar-refractivity contribution is 0.705. The van der Waals surface area contributed by atoms with Gasteiger partial charge in [-0.05, 0) is 0 Å². The van der Waals surface area contributed by atoms with Crippen LogP contribution in [0.1, 0.15) is 0 Å². The molecule has 0 unspecified atom stereocenters. The molecule has 2 rings (SSSR count). The minimum Gasteiger partial charge on any atom is -0.412 e. The van der Waals surface area contributed by atoms with Crippen molar-refractivity contribution < 1.29 is 11.0 Å². The lowest BCUT2D eigenvalue weighted by Crippen LogP contribution is -2.37. The van der Waals surface area contributed by atoms with Crippen molar-refractivity contribution in [2.24, 2.45) is 21.1 Å². The molecule has 0 atom stereocenters. The standard InChI is InChI=1S/C8H10N4O2.ClH.2H2O/c1-10-4-9-6-5(10)7(13)12(3)8(14)11(6)2;;;/h4H,1-3H3;1H;2*1H2. The van der Waals surface area contributed by atoms with Crippen molar-refractivity contribution >= 4 is 23.6 Å². The molecule has 9 heteroatoms. The molecule has 0 aliphatic heterocycles. The van der Waals surface area contributed by atoms with Crippen molar-refractivity contribution in [3.8, 4) is 0 Å². The van der Waals surface area contributed by atoms with E-state index in [4.69, 9.17) is 0 Å². The molecule has 0 aliphatic rings. The third-order valence-corrected chi connectivity index (χ3v) is 2.32. The summed E-state index contributed by atoms with van der Waals surface area (Å²) in [4.78, 5) is 27.2. The molecule has 2 aromatic heterocycles. The van der Waals surface area contributed by atoms with E-state index in [9.17, 15) is 9.59 Å². The Kier molecular flexibility index (Phi) is 5.86. The van der Waals surface area contributed by atoms with Crippen LogP contribution in [0.4, 0.5) is 0 Å². The molecular formula is C8H15ClN4O4. The summed E-state index contributed by atoms with van der Waals surface area (Å²) >= 11 is 0. The van der Waals surface area contributed by atoms with Crippen molar-refractivity contribution in [3.05, 3.63) is 27.2 Å². The monoisotopic (exact) mass is 266 g/mol. The van der Waals surface area contributed by atoms with Crippen LogP contribution >= 0.6 is 12.4 Å². The van der Waals surface area contributed by atoms with E-state index in [0.29, 0.717) is 11.2 Å². The molecule has 0 fully saturated rings. The molecule has 0 aliphatic carbocycles. The second-order valence-corrected chi connectivity index (χ2v) is 3.23. The first-order valence-electron chi connectivity index (χ1n) is 4.11. The van der Waals surface area contributed by atoms with Crippen molar-refractivity contribution in [2.45, 2.75) is 0 Å². The summed E-state index contributed by atoms with van der Waals surface area (Å²) in [6.45, 7) is 0. The van der Waals surface area contributed by atoms with Crippen molar-refractivity contribution in [1.82, 2.24) is 18.7 Å². The van der Waals surface area contributed by atoms with E-state index in [0.717, 1.165) is 4.57 Å². The predicted molar refractivity (Wildman–Crippen MR) is 65.7 cm³/mol. The number of imidazole rings is 1. The van der Waals surface area contributed by atoms with Crippen LogP contribution in [0.5, 0.6) is 0 Å². The van der Waals surface area contributed by atoms with Gasteiger partial charge in [0, 0.05) is 21.1 Å². The smallest absolute Gasteiger partial charge is 0.332 e. The summed E-state index contributed by atoms with van der Waals surface area (Å²) in [6.07, 6.45) is 1.52. The van der Waals surface area contributed by atoms with Gasteiger partial charge in [0.05, 0.1) is 6.33 Å². The zero-order valence-electron chi connectivity index (χ0n) is 9.59. The average Bonchev–Trinajstić information content (AvgIpc) is 2.54. The Bertz CT molecular complexity index is 627. The van der Waals surface area contributed by atoms with Gasteiger partial charge in [-0.25, -0.2) is 9.78 Å². The van der Waals surface area contributed by atoms with Crippen LogP contribution in [0.25, 0.3) is 11.2 Å². The first-order chi connectivity index (χ1) is 6.54. The van der Waals surface area contributed by atoms with Gasteiger partial charge in [0.15, 0.2) is 11.2 Å². The fourth-order valence-corrected chi connectivity index (χ4v) is 1.47. The molecule has 0 radical (unpaired) electrons. The molecule has 0 aromatic carbocycles. The number of aromatic nitrogens is 4. The van der Waals surface area contributed by atoms with Crippen molar-refractivity contribution in [3.63, 3.8) is 0 Å². The maximum Gasteiger partial charge on any atom is 0.332 e. The van der Waals surface area contributed by atoms with Gasteiger partial charge in [0.1, 0.15) is 0 Å². The van der Waals surface area contributed by atoms with Crippen LogP contribution in [0.15, 0.2) is 15.9 Å². The number of aryl methyl sites for hydroxylation is 2. The van der Waals surface area contributed by atoms with Crippen molar-refractivity contribution in [1.29, 1.82) is 0 Å². The second-order valence-electron chi connectivity index (χ2n) is 3.23. The van der Waals surface area contributed by atoms with Gasteiger partial charge in [0.25, 0.3) is 5.56 Å². The van der Waals surface area contributed by atoms with Crippen LogP contribution in [0.3, 0.4) is 0 Å². The molecule has 0 bridgehead atoms. The minimum atomic E-state index is -0.360. The normalized spacial score (nSPS) is 9.12. The van der Waals surface area contributed by atoms with Gasteiger partial charge in [-0.2, -0.15) is 0 Å². The van der Waals surface area contributed by atoms with Crippen LogP contribution in [0, 0.1) is 0 Å². The zero-order valence-corrected chi connectivity index (χ0v) is 10.4. The molecule has 0 spiro atoms. The average molecular weight is 267 g/mol. The number of halogens is 1. The van der Waals surface area contributed by atoms with Crippen LogP contribution in [0.2, 0.25) is 0 Å². The summed E-state index contributed by atoms with van der Waals surface area (Å²) in [5, 5.41) is 0. The summed E-state index contributed by atoms with van der Waals surface area (Å²) < 4.78 is 4.04. The van der Waals surface area contributed by atoms with Gasteiger partial charge in [0.2, 0.25) is 0 Å². The first-order valence-corrected chi connectivity index (χ1v) is 4.11. The Morgan fingerprint density at radius 1 is 1.06 bits per heavy atom. The first kappa shape index (κ1) is 17.7. The van der Waals surface area contributed by atoms with Gasteiger partial charge >= 0.3 is 5.69 Å². The van der Waals surface area contributed by atoms with E-state index in [1.54, 1.807) is 18.7 Å². The van der Waals surface area contributed by atoms with Crippen molar-refractivity contribution in [2.75, 3.05) is 0 Å². The van der Waals surface area contributed by atoms with Gasteiger partial charge in [-0.3, -0.25) is 13.9 Å². The lowest BCUT2D eigenvalue weighted by Gasteiger charge is -2.02. The van der Waals surface area contributed by atoms with E-state index < -0.39 is 0 Å². The molecule has 2 aromatic rings. The summed E-state index contributed by atoms with van der Waals surface area (Å²) in [6, 6.07) is 0. The third kappa shape index (κ3) is 2.23. The number of hydrogen-bond acceptors (Lipinski definition) is 3. The maximum absolute atomic E-state index is 11.7. The van der Waals surface area contributed by atoms with E-state index in [-0.39, 0.29) is 34.6 Å². The highest BCUT2D eigenvalue weighted by Crippen LogP contribution is 2.01. The molecular weight excluding hydrogens is 252 g/mol. The highest BCUT2D eigenvalue weighted by atomic mass is 35.5. The highest BCUT2D eigenvalue weighted by molar-refractivity contribution is 5.85. The highest BCUT2D eigenvalue weighted by Gasteiger charge is 2.11. The fraction of sp³-hybridized carbons (Fsp3) is 0.375. The second kappa shape index (κ2) is 5.62. The SMILES string of the molecule is Cl.Cn1c(=O)c2c(ncn2C)n(C)c1=O.O.O. The topological polar surface area (TPSA) is 125 Å². The molecule has 4 N–H and O–H groups in total. The third-order valence-electron chi connectivity index (χ3n) is 2.32. The van der Waals surface area contributed by atoms with Crippen LogP contribution in [-0.4, -0.2) is 29.6 Å². The number of nitrogens with zero attached hydrogens (tertiary/aromatic N) is 4. The number of fused-ring (bicyclic) bond motifs is 1. The Morgan fingerprint density at radius 3 is 2.12 bits per heavy atom. The Morgan fingerprint density at radius 2 is 1.59 bits per heavy atom. The Labute approximate surface area is 102 Å². The quantitative estimate of drug-likeness (QED) is 0.534. The largest absolute Gasteiger partial charge is 0.412 e. The van der Waals surface area contributed by atoms with Gasteiger partial charge in [-0.15, -0.1) is 12.4 Å². The van der Waals surface area contributed by atoms with E-state index in [2.05, 4.69) is 4.98 Å². The van der Waals surface area contributed by atoms with E-state index in [1.165, 1.54) is 17.9 Å². The van der Waals surface area contributed by atoms with Gasteiger partial charge in [-0.1, -0.05) is 0 Å². The number of rotatable bonds is 0. The fourth-order valence-electron chi connectivity index (χ4n) is 1.47. The van der Waals surface area contributed by atoms with Crippen LogP contribution in [-0.2, 0) is 21.1 Å². The predicted octanol–water partition coefficient (Wildman–Crippen LogP) is -2.26. The summed E-state index contributed by atoms with van der Waals surface area (Å²) in [5.41, 5.74) is 0.180. The molecule has 2 heterocycles. The van der Waals surface area contributed by atoms with E-state index in [1.807, 2.05) is 0 Å². The zero-order chi connectivity index (χ0) is 10.5. The molecule has 8 nitrogen and oxygen atoms in total. The summed E-state index contributed by atoms with van der Waals surface area (Å²) in [5.74, 6) is 0. The molecule has 17 heavy (non-hydrogen) atoms.